The van der Waals surface area contributed by atoms with E-state index in [1.165, 1.54) is 17.1 Å². The molecule has 2 nitrogen and oxygen atoms in total. The van der Waals surface area contributed by atoms with Crippen molar-refractivity contribution in [2.45, 2.75) is 51.6 Å². The van der Waals surface area contributed by atoms with Crippen LogP contribution in [0.5, 0.6) is 0 Å². The van der Waals surface area contributed by atoms with Crippen LogP contribution in [-0.2, 0) is 0 Å². The summed E-state index contributed by atoms with van der Waals surface area (Å²) in [5, 5.41) is 6.89. The van der Waals surface area contributed by atoms with E-state index in [2.05, 4.69) is 43.6 Å². The molecule has 1 saturated heterocycles. The first-order valence-corrected chi connectivity index (χ1v) is 8.55. The average molecular weight is 282 g/mol. The predicted molar refractivity (Wildman–Crippen MR) is 83.7 cm³/mol. The summed E-state index contributed by atoms with van der Waals surface area (Å²) in [6.45, 7) is 6.76. The van der Waals surface area contributed by atoms with Gasteiger partial charge in [-0.2, -0.15) is 0 Å². The van der Waals surface area contributed by atoms with Crippen LogP contribution in [0, 0.1) is 0 Å². The fourth-order valence-electron chi connectivity index (χ4n) is 2.04. The standard InChI is InChI=1S/C14H22N2S2/c1-4-11(12-7-6-9-17-12)15-13-16-14(3,5-2)8-10-18-13/h6-7,9,11H,4-5,8,10H2,1-3H3,(H,15,16). The third-order valence-corrected chi connectivity index (χ3v) is 5.48. The topological polar surface area (TPSA) is 24.4 Å². The number of thiophene rings is 1. The highest BCUT2D eigenvalue weighted by molar-refractivity contribution is 8.13. The highest BCUT2D eigenvalue weighted by Gasteiger charge is 2.28. The monoisotopic (exact) mass is 282 g/mol. The Balaban J connectivity index is 2.11. The van der Waals surface area contributed by atoms with Crippen LogP contribution >= 0.6 is 23.1 Å². The molecular formula is C14H22N2S2. The van der Waals surface area contributed by atoms with Crippen LogP contribution in [0.15, 0.2) is 22.5 Å². The van der Waals surface area contributed by atoms with Crippen molar-refractivity contribution < 1.29 is 0 Å². The molecule has 1 aromatic heterocycles. The van der Waals surface area contributed by atoms with Crippen molar-refractivity contribution in [3.05, 3.63) is 22.4 Å². The molecule has 0 spiro atoms. The second-order valence-electron chi connectivity index (χ2n) is 5.01. The smallest absolute Gasteiger partial charge is 0.157 e. The van der Waals surface area contributed by atoms with Crippen LogP contribution in [0.3, 0.4) is 0 Å². The number of hydrogen-bond acceptors (Lipinski definition) is 3. The summed E-state index contributed by atoms with van der Waals surface area (Å²) in [6.07, 6.45) is 3.44. The molecule has 0 radical (unpaired) electrons. The molecule has 18 heavy (non-hydrogen) atoms. The summed E-state index contributed by atoms with van der Waals surface area (Å²) < 4.78 is 0. The summed E-state index contributed by atoms with van der Waals surface area (Å²) in [7, 11) is 0. The van der Waals surface area contributed by atoms with Crippen LogP contribution in [0.25, 0.3) is 0 Å². The zero-order valence-electron chi connectivity index (χ0n) is 11.4. The quantitative estimate of drug-likeness (QED) is 0.882. The Hall–Kier alpha value is -0.480. The van der Waals surface area contributed by atoms with Gasteiger partial charge in [0.2, 0.25) is 0 Å². The van der Waals surface area contributed by atoms with Gasteiger partial charge in [-0.05, 0) is 37.6 Å². The van der Waals surface area contributed by atoms with E-state index >= 15 is 0 Å². The third kappa shape index (κ3) is 3.29. The maximum absolute atomic E-state index is 4.92. The van der Waals surface area contributed by atoms with Crippen molar-refractivity contribution in [1.82, 2.24) is 5.32 Å². The summed E-state index contributed by atoms with van der Waals surface area (Å²) >= 11 is 3.67. The van der Waals surface area contributed by atoms with Gasteiger partial charge in [-0.1, -0.05) is 31.7 Å². The molecule has 0 bridgehead atoms. The lowest BCUT2D eigenvalue weighted by molar-refractivity contribution is 0.389. The lowest BCUT2D eigenvalue weighted by Crippen LogP contribution is -2.48. The normalized spacial score (nSPS) is 28.1. The number of rotatable bonds is 4. The Morgan fingerprint density at radius 1 is 1.50 bits per heavy atom. The van der Waals surface area contributed by atoms with Gasteiger partial charge in [0.05, 0.1) is 6.04 Å². The minimum atomic E-state index is 0.234. The highest BCUT2D eigenvalue weighted by atomic mass is 32.2. The van der Waals surface area contributed by atoms with Gasteiger partial charge < -0.3 is 5.32 Å². The molecule has 2 atom stereocenters. The molecule has 2 rings (SSSR count). The molecule has 1 aliphatic heterocycles. The lowest BCUT2D eigenvalue weighted by Gasteiger charge is -2.35. The molecule has 2 heterocycles. The second-order valence-corrected chi connectivity index (χ2v) is 7.07. The van der Waals surface area contributed by atoms with Gasteiger partial charge >= 0.3 is 0 Å². The molecule has 1 fully saturated rings. The first kappa shape index (κ1) is 13.9. The Kier molecular flexibility index (Phi) is 4.73. The average Bonchev–Trinajstić information content (AvgIpc) is 2.90. The molecule has 0 amide bonds. The van der Waals surface area contributed by atoms with Crippen LogP contribution < -0.4 is 5.32 Å². The van der Waals surface area contributed by atoms with E-state index in [1.54, 1.807) is 11.3 Å². The zero-order valence-corrected chi connectivity index (χ0v) is 13.0. The molecule has 1 aliphatic rings. The van der Waals surface area contributed by atoms with Crippen LogP contribution in [0.4, 0.5) is 0 Å². The van der Waals surface area contributed by atoms with Gasteiger partial charge in [-0.15, -0.1) is 11.3 Å². The number of amidine groups is 1. The van der Waals surface area contributed by atoms with Gasteiger partial charge in [0, 0.05) is 16.2 Å². The number of hydrogen-bond donors (Lipinski definition) is 1. The number of nitrogens with one attached hydrogen (secondary N) is 1. The molecule has 0 saturated carbocycles. The van der Waals surface area contributed by atoms with Crippen molar-refractivity contribution in [2.24, 2.45) is 4.99 Å². The van der Waals surface area contributed by atoms with E-state index in [1.807, 2.05) is 11.8 Å². The maximum atomic E-state index is 4.92. The van der Waals surface area contributed by atoms with Crippen molar-refractivity contribution in [3.8, 4) is 0 Å². The Morgan fingerprint density at radius 3 is 2.94 bits per heavy atom. The summed E-state index contributed by atoms with van der Waals surface area (Å²) in [5.74, 6) is 1.18. The lowest BCUT2D eigenvalue weighted by atomic mass is 9.96. The maximum Gasteiger partial charge on any atom is 0.157 e. The highest BCUT2D eigenvalue weighted by Crippen LogP contribution is 2.30. The fourth-order valence-corrected chi connectivity index (χ4v) is 4.16. The van der Waals surface area contributed by atoms with E-state index in [-0.39, 0.29) is 5.54 Å². The minimum Gasteiger partial charge on any atom is -0.360 e. The van der Waals surface area contributed by atoms with Crippen molar-refractivity contribution >= 4 is 28.3 Å². The van der Waals surface area contributed by atoms with Crippen LogP contribution in [0.1, 0.15) is 51.0 Å². The molecule has 2 unspecified atom stereocenters. The summed E-state index contributed by atoms with van der Waals surface area (Å²) in [6, 6.07) is 4.62. The largest absolute Gasteiger partial charge is 0.360 e. The van der Waals surface area contributed by atoms with Gasteiger partial charge in [0.1, 0.15) is 0 Å². The first-order chi connectivity index (χ1) is 8.67. The Labute approximate surface area is 118 Å². The molecule has 1 aromatic rings. The first-order valence-electron chi connectivity index (χ1n) is 6.69. The molecule has 100 valence electrons. The van der Waals surface area contributed by atoms with Gasteiger partial charge in [0.15, 0.2) is 5.17 Å². The van der Waals surface area contributed by atoms with Crippen LogP contribution in [0.2, 0.25) is 0 Å². The molecule has 0 aliphatic carbocycles. The van der Waals surface area contributed by atoms with Gasteiger partial charge in [0.25, 0.3) is 0 Å². The Bertz CT molecular complexity index is 400. The SMILES string of the molecule is CCC(N=C1NC(C)(CC)CCS1)c1cccs1. The van der Waals surface area contributed by atoms with Crippen molar-refractivity contribution in [1.29, 1.82) is 0 Å². The molecule has 4 heteroatoms. The minimum absolute atomic E-state index is 0.234. The second kappa shape index (κ2) is 6.11. The van der Waals surface area contributed by atoms with Crippen molar-refractivity contribution in [3.63, 3.8) is 0 Å². The van der Waals surface area contributed by atoms with E-state index in [4.69, 9.17) is 4.99 Å². The summed E-state index contributed by atoms with van der Waals surface area (Å²) in [4.78, 5) is 6.29. The Morgan fingerprint density at radius 2 is 2.33 bits per heavy atom. The third-order valence-electron chi connectivity index (χ3n) is 3.61. The number of aliphatic imine (C=N–C) groups is 1. The summed E-state index contributed by atoms with van der Waals surface area (Å²) in [5.41, 5.74) is 0.234. The van der Waals surface area contributed by atoms with Crippen molar-refractivity contribution in [2.75, 3.05) is 5.75 Å². The molecule has 1 N–H and O–H groups in total. The van der Waals surface area contributed by atoms with E-state index in [9.17, 15) is 0 Å². The van der Waals surface area contributed by atoms with Crippen LogP contribution in [-0.4, -0.2) is 16.5 Å². The fraction of sp³-hybridized carbons (Fsp3) is 0.643. The van der Waals surface area contributed by atoms with E-state index in [0.717, 1.165) is 18.0 Å². The zero-order chi connectivity index (χ0) is 13.0. The van der Waals surface area contributed by atoms with Gasteiger partial charge in [-0.3, -0.25) is 4.99 Å². The molecular weight excluding hydrogens is 260 g/mol. The van der Waals surface area contributed by atoms with E-state index in [0.29, 0.717) is 6.04 Å². The number of nitrogens with zero attached hydrogens (tertiary/aromatic N) is 1. The van der Waals surface area contributed by atoms with Gasteiger partial charge in [-0.25, -0.2) is 0 Å². The van der Waals surface area contributed by atoms with E-state index < -0.39 is 0 Å². The number of thioether (sulfide) groups is 1. The predicted octanol–water partition coefficient (Wildman–Crippen LogP) is 4.45. The molecule has 0 aromatic carbocycles.